The molecule has 2 saturated heterocycles. The number of halogens is 3. The molecule has 0 aromatic heterocycles. The first-order valence-corrected chi connectivity index (χ1v) is 21.2. The van der Waals surface area contributed by atoms with Crippen molar-refractivity contribution < 1.29 is 37.2 Å². The second-order valence-corrected chi connectivity index (χ2v) is 18.8. The number of fused-ring (bicyclic) bond motifs is 5. The van der Waals surface area contributed by atoms with Crippen LogP contribution in [0.5, 0.6) is 0 Å². The van der Waals surface area contributed by atoms with Crippen molar-refractivity contribution in [3.8, 4) is 0 Å². The van der Waals surface area contributed by atoms with Crippen molar-refractivity contribution in [3.63, 3.8) is 0 Å². The fraction of sp³-hybridized carbons (Fsp3) is 0.951. The number of rotatable bonds is 13. The summed E-state index contributed by atoms with van der Waals surface area (Å²) in [7, 11) is 0. The second kappa shape index (κ2) is 15.9. The van der Waals surface area contributed by atoms with E-state index in [1.165, 1.54) is 19.4 Å². The lowest BCUT2D eigenvalue weighted by molar-refractivity contribution is -0.264. The van der Waals surface area contributed by atoms with Crippen LogP contribution in [0.1, 0.15) is 138 Å². The van der Waals surface area contributed by atoms with Crippen molar-refractivity contribution in [2.45, 2.75) is 186 Å². The Balaban J connectivity index is 1.18. The average molecular weight is 774 g/mol. The van der Waals surface area contributed by atoms with Crippen LogP contribution in [0.3, 0.4) is 0 Å². The van der Waals surface area contributed by atoms with Gasteiger partial charge in [-0.05, 0) is 140 Å². The van der Waals surface area contributed by atoms with E-state index in [0.29, 0.717) is 36.7 Å². The van der Waals surface area contributed by atoms with Crippen molar-refractivity contribution in [2.75, 3.05) is 19.8 Å². The predicted molar refractivity (Wildman–Crippen MR) is 195 cm³/mol. The number of alkyl halides is 3. The maximum atomic E-state index is 15.7. The number of hydrogen-bond donors (Lipinski definition) is 0. The van der Waals surface area contributed by atoms with Gasteiger partial charge >= 0.3 is 0 Å². The third-order valence-corrected chi connectivity index (χ3v) is 15.3. The van der Waals surface area contributed by atoms with Gasteiger partial charge in [-0.2, -0.15) is 0 Å². The third-order valence-electron chi connectivity index (χ3n) is 14.5. The van der Waals surface area contributed by atoms with Crippen molar-refractivity contribution in [2.24, 2.45) is 40.4 Å². The van der Waals surface area contributed by atoms with E-state index in [9.17, 15) is 0 Å². The molecule has 0 amide bonds. The van der Waals surface area contributed by atoms with E-state index in [2.05, 4.69) is 42.8 Å². The molecule has 50 heavy (non-hydrogen) atoms. The fourth-order valence-corrected chi connectivity index (χ4v) is 12.7. The quantitative estimate of drug-likeness (QED) is 0.106. The van der Waals surface area contributed by atoms with E-state index < -0.39 is 17.8 Å². The Morgan fingerprint density at radius 2 is 1.62 bits per heavy atom. The van der Waals surface area contributed by atoms with Crippen LogP contribution in [-0.2, 0) is 28.4 Å². The minimum atomic E-state index is -2.95. The van der Waals surface area contributed by atoms with E-state index in [1.54, 1.807) is 6.92 Å². The highest BCUT2D eigenvalue weighted by molar-refractivity contribution is 9.09. The van der Waals surface area contributed by atoms with E-state index in [4.69, 9.17) is 28.4 Å². The predicted octanol–water partition coefficient (Wildman–Crippen LogP) is 10.6. The topological polar surface area (TPSA) is 55.4 Å². The molecule has 2 aliphatic heterocycles. The Bertz CT molecular complexity index is 1160. The zero-order valence-electron chi connectivity index (χ0n) is 32.0. The van der Waals surface area contributed by atoms with Gasteiger partial charge in [0.25, 0.3) is 5.92 Å². The van der Waals surface area contributed by atoms with Gasteiger partial charge in [-0.25, -0.2) is 8.78 Å². The molecule has 13 atom stereocenters. The molecule has 6 nitrogen and oxygen atoms in total. The summed E-state index contributed by atoms with van der Waals surface area (Å²) in [6.45, 7) is 15.8. The van der Waals surface area contributed by atoms with Crippen molar-refractivity contribution in [3.05, 3.63) is 11.6 Å². The third kappa shape index (κ3) is 7.82. The molecule has 6 aliphatic rings. The molecule has 6 rings (SSSR count). The molecule has 0 aromatic rings. The van der Waals surface area contributed by atoms with Crippen molar-refractivity contribution in [1.82, 2.24) is 0 Å². The van der Waals surface area contributed by atoms with Gasteiger partial charge in [-0.1, -0.05) is 48.4 Å². The summed E-state index contributed by atoms with van der Waals surface area (Å²) >= 11 is 4.25. The van der Waals surface area contributed by atoms with Gasteiger partial charge in [-0.3, -0.25) is 0 Å². The molecule has 0 N–H and O–H groups in total. The lowest BCUT2D eigenvalue weighted by Gasteiger charge is -2.61. The van der Waals surface area contributed by atoms with Gasteiger partial charge in [0.05, 0.1) is 12.2 Å². The Morgan fingerprint density at radius 3 is 2.26 bits per heavy atom. The average Bonchev–Trinajstić information content (AvgIpc) is 3.42. The number of hydrogen-bond acceptors (Lipinski definition) is 6. The lowest BCUT2D eigenvalue weighted by Crippen LogP contribution is -2.59. The van der Waals surface area contributed by atoms with Gasteiger partial charge in [-0.15, -0.1) is 0 Å². The highest BCUT2D eigenvalue weighted by Crippen LogP contribution is 2.68. The summed E-state index contributed by atoms with van der Waals surface area (Å²) in [6, 6.07) is 0. The standard InChI is InChI=1S/C41H67BrF2O6/c1-8-45-27(3)50-38(4,5)41(43,44)20-17-26(2)30-15-16-31-37-32(18-19-39(30,31)6)40(7)28(24-33(37)42)23-29(48-35-13-9-11-21-46-35)25-34(40)49-36-14-10-12-22-47-36/h24,26-27,29-37H,8-23,25H2,1-7H3/t26-,27?,29?,30-,31+,32+,33?,34+,35?,36?,37+,39-,40+/m1/s1. The van der Waals surface area contributed by atoms with Crippen molar-refractivity contribution in [1.29, 1.82) is 0 Å². The summed E-state index contributed by atoms with van der Waals surface area (Å²) in [6.07, 6.45) is 14.8. The Labute approximate surface area is 309 Å². The van der Waals surface area contributed by atoms with E-state index in [0.717, 1.165) is 90.3 Å². The summed E-state index contributed by atoms with van der Waals surface area (Å²) in [5.41, 5.74) is -0.0900. The SMILES string of the molecule is CCOC(C)OC(C)(C)C(F)(F)CC[C@@H](C)[C@H]1CC[C@H]2[C@@H]3C(Br)C=C4CC(OC5CCCCO5)C[C@H](OC5CCCCO5)[C@]4(C)[C@H]3CC[C@]12C. The van der Waals surface area contributed by atoms with Gasteiger partial charge in [0.15, 0.2) is 18.9 Å². The lowest BCUT2D eigenvalue weighted by atomic mass is 9.46. The molecule has 288 valence electrons. The van der Waals surface area contributed by atoms with Gasteiger partial charge in [0, 0.05) is 42.9 Å². The maximum absolute atomic E-state index is 15.7. The minimum absolute atomic E-state index is 0.0189. The first-order valence-electron chi connectivity index (χ1n) is 20.3. The van der Waals surface area contributed by atoms with Crippen LogP contribution in [0.25, 0.3) is 0 Å². The Kier molecular flexibility index (Phi) is 12.6. The first-order chi connectivity index (χ1) is 23.7. The van der Waals surface area contributed by atoms with Crippen LogP contribution in [-0.4, -0.2) is 67.2 Å². The summed E-state index contributed by atoms with van der Waals surface area (Å²) in [5, 5.41) is 0. The van der Waals surface area contributed by atoms with Gasteiger partial charge in [0.1, 0.15) is 5.60 Å². The molecule has 5 unspecified atom stereocenters. The highest BCUT2D eigenvalue weighted by atomic mass is 79.9. The normalized spacial score (nSPS) is 42.2. The molecule has 0 spiro atoms. The van der Waals surface area contributed by atoms with Crippen LogP contribution < -0.4 is 0 Å². The molecule has 5 fully saturated rings. The molecule has 3 saturated carbocycles. The zero-order chi connectivity index (χ0) is 35.9. The second-order valence-electron chi connectivity index (χ2n) is 17.7. The molecular formula is C41H67BrF2O6. The summed E-state index contributed by atoms with van der Waals surface area (Å²) in [5.74, 6) is -0.820. The largest absolute Gasteiger partial charge is 0.353 e. The smallest absolute Gasteiger partial charge is 0.276 e. The van der Waals surface area contributed by atoms with E-state index in [1.807, 2.05) is 6.92 Å². The highest BCUT2D eigenvalue weighted by Gasteiger charge is 2.63. The van der Waals surface area contributed by atoms with Crippen LogP contribution in [0.15, 0.2) is 11.6 Å². The first kappa shape index (κ1) is 39.5. The number of ether oxygens (including phenoxy) is 6. The van der Waals surface area contributed by atoms with Crippen LogP contribution >= 0.6 is 15.9 Å². The van der Waals surface area contributed by atoms with E-state index in [-0.39, 0.29) is 52.8 Å². The van der Waals surface area contributed by atoms with Gasteiger partial charge < -0.3 is 28.4 Å². The van der Waals surface area contributed by atoms with E-state index >= 15 is 8.78 Å². The van der Waals surface area contributed by atoms with Crippen molar-refractivity contribution >= 4 is 15.9 Å². The van der Waals surface area contributed by atoms with Crippen LogP contribution in [0.2, 0.25) is 0 Å². The molecule has 9 heteroatoms. The molecule has 0 aromatic carbocycles. The monoisotopic (exact) mass is 772 g/mol. The maximum Gasteiger partial charge on any atom is 0.276 e. The molecule has 0 radical (unpaired) electrons. The molecule has 4 aliphatic carbocycles. The zero-order valence-corrected chi connectivity index (χ0v) is 33.6. The summed E-state index contributed by atoms with van der Waals surface area (Å²) in [4.78, 5) is 0.278. The molecule has 2 heterocycles. The van der Waals surface area contributed by atoms with Gasteiger partial charge in [0.2, 0.25) is 0 Å². The fourth-order valence-electron chi connectivity index (χ4n) is 11.6. The Hall–Kier alpha value is -0.160. The number of allylic oxidation sites excluding steroid dienone is 1. The minimum Gasteiger partial charge on any atom is -0.353 e. The molecule has 0 bridgehead atoms. The Morgan fingerprint density at radius 1 is 0.940 bits per heavy atom. The molecular weight excluding hydrogens is 706 g/mol. The summed E-state index contributed by atoms with van der Waals surface area (Å²) < 4.78 is 68.5. The van der Waals surface area contributed by atoms with Crippen LogP contribution in [0.4, 0.5) is 8.78 Å². The van der Waals surface area contributed by atoms with Crippen LogP contribution in [0, 0.1) is 40.4 Å².